The van der Waals surface area contributed by atoms with Gasteiger partial charge >= 0.3 is 0 Å². The van der Waals surface area contributed by atoms with Crippen LogP contribution in [0.4, 0.5) is 0 Å². The van der Waals surface area contributed by atoms with Crippen LogP contribution in [0.3, 0.4) is 0 Å². The molecule has 1 aromatic heterocycles. The molecule has 1 saturated carbocycles. The van der Waals surface area contributed by atoms with Gasteiger partial charge in [-0.05, 0) is 12.8 Å². The predicted molar refractivity (Wildman–Crippen MR) is 75.0 cm³/mol. The Labute approximate surface area is 115 Å². The average Bonchev–Trinajstić information content (AvgIpc) is 2.98. The van der Waals surface area contributed by atoms with E-state index in [1.54, 1.807) is 0 Å². The van der Waals surface area contributed by atoms with Crippen molar-refractivity contribution < 1.29 is 9.52 Å². The van der Waals surface area contributed by atoms with E-state index in [9.17, 15) is 5.11 Å². The van der Waals surface area contributed by atoms with Gasteiger partial charge in [0.05, 0.1) is 19.3 Å². The van der Waals surface area contributed by atoms with Gasteiger partial charge in [-0.15, -0.1) is 0 Å². The van der Waals surface area contributed by atoms with Crippen molar-refractivity contribution in [2.24, 2.45) is 0 Å². The standard InChI is InChI=1S/C15H26N2O2/c1-15(2,3)13-10-16-14(19-13)11-17(8-9-18)12-6-4-5-7-12/h10,12,18H,4-9,11H2,1-3H3. The van der Waals surface area contributed by atoms with Crippen molar-refractivity contribution in [3.05, 3.63) is 17.8 Å². The fraction of sp³-hybridized carbons (Fsp3) is 0.800. The number of aliphatic hydroxyl groups is 1. The molecule has 0 radical (unpaired) electrons. The second-order valence-electron chi connectivity index (χ2n) is 6.50. The van der Waals surface area contributed by atoms with E-state index in [0.717, 1.165) is 11.7 Å². The lowest BCUT2D eigenvalue weighted by Crippen LogP contribution is -2.35. The quantitative estimate of drug-likeness (QED) is 0.890. The summed E-state index contributed by atoms with van der Waals surface area (Å²) < 4.78 is 5.85. The minimum absolute atomic E-state index is 0.000414. The molecule has 1 aromatic rings. The lowest BCUT2D eigenvalue weighted by atomic mass is 9.94. The summed E-state index contributed by atoms with van der Waals surface area (Å²) in [6.45, 7) is 7.99. The number of oxazole rings is 1. The van der Waals surface area contributed by atoms with Gasteiger partial charge in [0.1, 0.15) is 5.76 Å². The lowest BCUT2D eigenvalue weighted by Gasteiger charge is -2.26. The Morgan fingerprint density at radius 2 is 2.05 bits per heavy atom. The van der Waals surface area contributed by atoms with E-state index in [2.05, 4.69) is 30.7 Å². The highest BCUT2D eigenvalue weighted by atomic mass is 16.4. The zero-order valence-corrected chi connectivity index (χ0v) is 12.4. The summed E-state index contributed by atoms with van der Waals surface area (Å²) in [6, 6.07) is 0.581. The first-order valence-corrected chi connectivity index (χ1v) is 7.31. The van der Waals surface area contributed by atoms with Crippen LogP contribution in [0.2, 0.25) is 0 Å². The number of rotatable bonds is 5. The summed E-state index contributed by atoms with van der Waals surface area (Å²) in [4.78, 5) is 6.70. The van der Waals surface area contributed by atoms with E-state index in [-0.39, 0.29) is 12.0 Å². The minimum atomic E-state index is 0.000414. The van der Waals surface area contributed by atoms with Gasteiger partial charge in [-0.25, -0.2) is 4.98 Å². The number of hydrogen-bond acceptors (Lipinski definition) is 4. The smallest absolute Gasteiger partial charge is 0.208 e. The molecule has 1 aliphatic rings. The second kappa shape index (κ2) is 6.06. The third-order valence-electron chi connectivity index (χ3n) is 3.86. The predicted octanol–water partition coefficient (Wildman–Crippen LogP) is 2.71. The van der Waals surface area contributed by atoms with Crippen molar-refractivity contribution in [3.8, 4) is 0 Å². The monoisotopic (exact) mass is 266 g/mol. The van der Waals surface area contributed by atoms with Gasteiger partial charge in [0.2, 0.25) is 5.89 Å². The number of nitrogens with zero attached hydrogens (tertiary/aromatic N) is 2. The van der Waals surface area contributed by atoms with Crippen LogP contribution in [0.1, 0.15) is 58.1 Å². The molecule has 4 nitrogen and oxygen atoms in total. The zero-order chi connectivity index (χ0) is 13.9. The molecule has 0 atom stereocenters. The van der Waals surface area contributed by atoms with Gasteiger partial charge in [-0.3, -0.25) is 4.90 Å². The first-order valence-electron chi connectivity index (χ1n) is 7.31. The van der Waals surface area contributed by atoms with Crippen LogP contribution in [-0.2, 0) is 12.0 Å². The van der Waals surface area contributed by atoms with Crippen molar-refractivity contribution in [2.75, 3.05) is 13.2 Å². The van der Waals surface area contributed by atoms with Crippen LogP contribution in [0, 0.1) is 0 Å². The molecule has 0 amide bonds. The largest absolute Gasteiger partial charge is 0.444 e. The second-order valence-corrected chi connectivity index (χ2v) is 6.50. The first-order chi connectivity index (χ1) is 9.00. The maximum Gasteiger partial charge on any atom is 0.208 e. The molecule has 2 rings (SSSR count). The molecule has 0 aliphatic heterocycles. The van der Waals surface area contributed by atoms with Gasteiger partial charge in [0.25, 0.3) is 0 Å². The normalized spacial score (nSPS) is 17.5. The molecule has 0 spiro atoms. The molecule has 19 heavy (non-hydrogen) atoms. The first kappa shape index (κ1) is 14.5. The SMILES string of the molecule is CC(C)(C)c1cnc(CN(CCO)C2CCCC2)o1. The minimum Gasteiger partial charge on any atom is -0.444 e. The summed E-state index contributed by atoms with van der Waals surface area (Å²) in [7, 11) is 0. The van der Waals surface area contributed by atoms with Gasteiger partial charge in [0, 0.05) is 18.0 Å². The Balaban J connectivity index is 2.02. The van der Waals surface area contributed by atoms with Crippen LogP contribution in [0.15, 0.2) is 10.6 Å². The molecule has 0 bridgehead atoms. The zero-order valence-electron chi connectivity index (χ0n) is 12.4. The van der Waals surface area contributed by atoms with Crippen LogP contribution < -0.4 is 0 Å². The molecule has 108 valence electrons. The van der Waals surface area contributed by atoms with Crippen molar-refractivity contribution in [1.29, 1.82) is 0 Å². The van der Waals surface area contributed by atoms with Gasteiger partial charge < -0.3 is 9.52 Å². The average molecular weight is 266 g/mol. The van der Waals surface area contributed by atoms with Crippen LogP contribution in [-0.4, -0.2) is 34.2 Å². The van der Waals surface area contributed by atoms with E-state index in [0.29, 0.717) is 19.1 Å². The molecule has 1 fully saturated rings. The Kier molecular flexibility index (Phi) is 4.63. The van der Waals surface area contributed by atoms with Gasteiger partial charge in [0.15, 0.2) is 0 Å². The molecule has 1 N–H and O–H groups in total. The van der Waals surface area contributed by atoms with E-state index in [1.165, 1.54) is 25.7 Å². The fourth-order valence-electron chi connectivity index (χ4n) is 2.69. The third kappa shape index (κ3) is 3.80. The van der Waals surface area contributed by atoms with Gasteiger partial charge in [-0.1, -0.05) is 33.6 Å². The lowest BCUT2D eigenvalue weighted by molar-refractivity contribution is 0.132. The highest BCUT2D eigenvalue weighted by Gasteiger charge is 2.25. The van der Waals surface area contributed by atoms with Crippen LogP contribution >= 0.6 is 0 Å². The Hall–Kier alpha value is -0.870. The molecule has 0 aromatic carbocycles. The van der Waals surface area contributed by atoms with Crippen molar-refractivity contribution in [3.63, 3.8) is 0 Å². The van der Waals surface area contributed by atoms with Crippen molar-refractivity contribution in [1.82, 2.24) is 9.88 Å². The van der Waals surface area contributed by atoms with E-state index < -0.39 is 0 Å². The van der Waals surface area contributed by atoms with E-state index in [4.69, 9.17) is 4.42 Å². The highest BCUT2D eigenvalue weighted by molar-refractivity contribution is 5.06. The Morgan fingerprint density at radius 1 is 1.37 bits per heavy atom. The summed E-state index contributed by atoms with van der Waals surface area (Å²) in [5, 5.41) is 9.22. The third-order valence-corrected chi connectivity index (χ3v) is 3.86. The summed E-state index contributed by atoms with van der Waals surface area (Å²) in [5.74, 6) is 1.70. The molecular formula is C15H26N2O2. The maximum atomic E-state index is 9.22. The Morgan fingerprint density at radius 3 is 2.58 bits per heavy atom. The number of aliphatic hydroxyl groups excluding tert-OH is 1. The van der Waals surface area contributed by atoms with Crippen LogP contribution in [0.5, 0.6) is 0 Å². The molecule has 4 heteroatoms. The maximum absolute atomic E-state index is 9.22. The number of hydrogen-bond donors (Lipinski definition) is 1. The van der Waals surface area contributed by atoms with Gasteiger partial charge in [-0.2, -0.15) is 0 Å². The fourth-order valence-corrected chi connectivity index (χ4v) is 2.69. The molecule has 0 saturated heterocycles. The van der Waals surface area contributed by atoms with Crippen molar-refractivity contribution in [2.45, 2.75) is 64.5 Å². The summed E-state index contributed by atoms with van der Waals surface area (Å²) in [5.41, 5.74) is 0.000414. The Bertz CT molecular complexity index is 389. The van der Waals surface area contributed by atoms with Crippen LogP contribution in [0.25, 0.3) is 0 Å². The molecule has 0 unspecified atom stereocenters. The summed E-state index contributed by atoms with van der Waals surface area (Å²) >= 11 is 0. The van der Waals surface area contributed by atoms with Crippen molar-refractivity contribution >= 4 is 0 Å². The molecule has 1 heterocycles. The topological polar surface area (TPSA) is 49.5 Å². The highest BCUT2D eigenvalue weighted by Crippen LogP contribution is 2.26. The summed E-state index contributed by atoms with van der Waals surface area (Å²) in [6.07, 6.45) is 6.89. The molecule has 1 aliphatic carbocycles. The van der Waals surface area contributed by atoms with E-state index >= 15 is 0 Å². The number of aromatic nitrogens is 1. The molecular weight excluding hydrogens is 240 g/mol. The van der Waals surface area contributed by atoms with E-state index in [1.807, 2.05) is 6.20 Å².